The first-order valence-electron chi connectivity index (χ1n) is 8.81. The van der Waals surface area contributed by atoms with E-state index in [9.17, 15) is 4.79 Å². The van der Waals surface area contributed by atoms with Crippen molar-refractivity contribution in [3.8, 4) is 5.75 Å². The van der Waals surface area contributed by atoms with Crippen LogP contribution in [0.25, 0.3) is 0 Å². The van der Waals surface area contributed by atoms with Gasteiger partial charge in [-0.25, -0.2) is 4.79 Å². The summed E-state index contributed by atoms with van der Waals surface area (Å²) in [5.74, 6) is 1.90. The molecule has 4 heteroatoms. The van der Waals surface area contributed by atoms with Crippen LogP contribution in [0.4, 0.5) is 4.79 Å². The number of carbonyl (C=O) groups is 1. The Kier molecular flexibility index (Phi) is 5.27. The number of methoxy groups -OCH3 is 1. The third-order valence-corrected chi connectivity index (χ3v) is 5.10. The molecule has 2 amide bonds. The highest BCUT2D eigenvalue weighted by Crippen LogP contribution is 2.48. The lowest BCUT2D eigenvalue weighted by Crippen LogP contribution is -2.41. The molecule has 0 aliphatic heterocycles. The van der Waals surface area contributed by atoms with Crippen molar-refractivity contribution in [1.82, 2.24) is 10.2 Å². The molecule has 25 heavy (non-hydrogen) atoms. The fraction of sp³-hybridized carbons (Fsp3) is 0.381. The number of nitrogens with one attached hydrogen (secondary N) is 1. The SMILES string of the molecule is CNC(=O)N(CC1CC1c1ccccc1)C(C)c1cccc(OC)c1. The molecule has 1 aliphatic rings. The number of carbonyl (C=O) groups excluding carboxylic acids is 1. The summed E-state index contributed by atoms with van der Waals surface area (Å²) < 4.78 is 5.32. The normalized spacial score (nSPS) is 19.8. The highest BCUT2D eigenvalue weighted by atomic mass is 16.5. The first kappa shape index (κ1) is 17.3. The Morgan fingerprint density at radius 2 is 2.00 bits per heavy atom. The van der Waals surface area contributed by atoms with Crippen LogP contribution in [0.2, 0.25) is 0 Å². The number of ether oxygens (including phenoxy) is 1. The lowest BCUT2D eigenvalue weighted by molar-refractivity contribution is 0.177. The van der Waals surface area contributed by atoms with Crippen molar-refractivity contribution in [1.29, 1.82) is 0 Å². The maximum Gasteiger partial charge on any atom is 0.317 e. The van der Waals surface area contributed by atoms with Crippen molar-refractivity contribution in [2.24, 2.45) is 5.92 Å². The zero-order chi connectivity index (χ0) is 17.8. The molecular weight excluding hydrogens is 312 g/mol. The maximum absolute atomic E-state index is 12.5. The zero-order valence-corrected chi connectivity index (χ0v) is 15.1. The van der Waals surface area contributed by atoms with E-state index in [-0.39, 0.29) is 12.1 Å². The van der Waals surface area contributed by atoms with E-state index >= 15 is 0 Å². The van der Waals surface area contributed by atoms with Crippen molar-refractivity contribution >= 4 is 6.03 Å². The summed E-state index contributed by atoms with van der Waals surface area (Å²) in [6.45, 7) is 2.83. The first-order chi connectivity index (χ1) is 12.1. The topological polar surface area (TPSA) is 41.6 Å². The Balaban J connectivity index is 1.73. The molecule has 0 radical (unpaired) electrons. The van der Waals surface area contributed by atoms with E-state index in [1.807, 2.05) is 35.2 Å². The van der Waals surface area contributed by atoms with Gasteiger partial charge in [-0.05, 0) is 48.4 Å². The quantitative estimate of drug-likeness (QED) is 0.857. The molecule has 3 atom stereocenters. The van der Waals surface area contributed by atoms with Gasteiger partial charge >= 0.3 is 6.03 Å². The van der Waals surface area contributed by atoms with Crippen molar-refractivity contribution in [2.75, 3.05) is 20.7 Å². The fourth-order valence-corrected chi connectivity index (χ4v) is 3.45. The van der Waals surface area contributed by atoms with Gasteiger partial charge in [0.05, 0.1) is 13.2 Å². The number of nitrogens with zero attached hydrogens (tertiary/aromatic N) is 1. The van der Waals surface area contributed by atoms with Gasteiger partial charge in [-0.15, -0.1) is 0 Å². The van der Waals surface area contributed by atoms with Gasteiger partial charge in [-0.3, -0.25) is 0 Å². The molecule has 4 nitrogen and oxygen atoms in total. The Hall–Kier alpha value is -2.49. The fourth-order valence-electron chi connectivity index (χ4n) is 3.45. The van der Waals surface area contributed by atoms with Crippen LogP contribution in [0.1, 0.15) is 36.4 Å². The minimum atomic E-state index is -0.0333. The zero-order valence-electron chi connectivity index (χ0n) is 15.1. The molecular formula is C21H26N2O2. The molecule has 0 bridgehead atoms. The third kappa shape index (κ3) is 3.95. The van der Waals surface area contributed by atoms with Crippen LogP contribution in [-0.4, -0.2) is 31.6 Å². The Labute approximate surface area is 149 Å². The molecule has 1 aliphatic carbocycles. The minimum absolute atomic E-state index is 0.00734. The number of hydrogen-bond donors (Lipinski definition) is 1. The molecule has 0 aromatic heterocycles. The van der Waals surface area contributed by atoms with Crippen LogP contribution in [0.3, 0.4) is 0 Å². The molecule has 3 rings (SSSR count). The van der Waals surface area contributed by atoms with Crippen LogP contribution >= 0.6 is 0 Å². The number of amides is 2. The lowest BCUT2D eigenvalue weighted by Gasteiger charge is -2.29. The predicted molar refractivity (Wildman–Crippen MR) is 99.9 cm³/mol. The molecule has 1 N–H and O–H groups in total. The van der Waals surface area contributed by atoms with E-state index in [4.69, 9.17) is 4.74 Å². The van der Waals surface area contributed by atoms with Gasteiger partial charge in [-0.1, -0.05) is 42.5 Å². The highest BCUT2D eigenvalue weighted by molar-refractivity contribution is 5.74. The Bertz CT molecular complexity index is 717. The average Bonchev–Trinajstić information content (AvgIpc) is 3.45. The monoisotopic (exact) mass is 338 g/mol. The summed E-state index contributed by atoms with van der Waals surface area (Å²) >= 11 is 0. The van der Waals surface area contributed by atoms with Crippen molar-refractivity contribution in [2.45, 2.75) is 25.3 Å². The lowest BCUT2D eigenvalue weighted by atomic mass is 10.1. The summed E-state index contributed by atoms with van der Waals surface area (Å²) in [5.41, 5.74) is 2.46. The number of rotatable bonds is 6. The molecule has 1 saturated carbocycles. The van der Waals surface area contributed by atoms with E-state index in [0.717, 1.165) is 24.3 Å². The van der Waals surface area contributed by atoms with Crippen LogP contribution in [0, 0.1) is 5.92 Å². The molecule has 0 heterocycles. The van der Waals surface area contributed by atoms with Crippen LogP contribution in [0.5, 0.6) is 5.75 Å². The number of benzene rings is 2. The summed E-state index contributed by atoms with van der Waals surface area (Å²) in [5, 5.41) is 2.79. The summed E-state index contributed by atoms with van der Waals surface area (Å²) in [7, 11) is 3.35. The van der Waals surface area contributed by atoms with Gasteiger partial charge in [0.1, 0.15) is 5.75 Å². The molecule has 132 valence electrons. The molecule has 2 aromatic rings. The van der Waals surface area contributed by atoms with Crippen molar-refractivity contribution in [3.63, 3.8) is 0 Å². The molecule has 3 unspecified atom stereocenters. The first-order valence-corrected chi connectivity index (χ1v) is 8.81. The molecule has 1 fully saturated rings. The Morgan fingerprint density at radius 3 is 2.68 bits per heavy atom. The van der Waals surface area contributed by atoms with E-state index in [2.05, 4.69) is 36.5 Å². The predicted octanol–water partition coefficient (Wildman–Crippen LogP) is 4.20. The van der Waals surface area contributed by atoms with Crippen LogP contribution in [-0.2, 0) is 0 Å². The summed E-state index contributed by atoms with van der Waals surface area (Å²) in [6.07, 6.45) is 1.14. The summed E-state index contributed by atoms with van der Waals surface area (Å²) in [6, 6.07) is 18.5. The van der Waals surface area contributed by atoms with Crippen molar-refractivity contribution < 1.29 is 9.53 Å². The number of hydrogen-bond acceptors (Lipinski definition) is 2. The van der Waals surface area contributed by atoms with Gasteiger partial charge in [0, 0.05) is 13.6 Å². The average molecular weight is 338 g/mol. The highest BCUT2D eigenvalue weighted by Gasteiger charge is 2.40. The van der Waals surface area contributed by atoms with Gasteiger partial charge in [0.25, 0.3) is 0 Å². The van der Waals surface area contributed by atoms with Crippen LogP contribution < -0.4 is 10.1 Å². The molecule has 2 aromatic carbocycles. The Morgan fingerprint density at radius 1 is 1.24 bits per heavy atom. The van der Waals surface area contributed by atoms with Gasteiger partial charge in [0.2, 0.25) is 0 Å². The van der Waals surface area contributed by atoms with Gasteiger partial charge in [0.15, 0.2) is 0 Å². The second-order valence-electron chi connectivity index (χ2n) is 6.67. The minimum Gasteiger partial charge on any atom is -0.497 e. The summed E-state index contributed by atoms with van der Waals surface area (Å²) in [4.78, 5) is 14.4. The van der Waals surface area contributed by atoms with Crippen LogP contribution in [0.15, 0.2) is 54.6 Å². The van der Waals surface area contributed by atoms with E-state index in [1.165, 1.54) is 5.56 Å². The van der Waals surface area contributed by atoms with Gasteiger partial charge < -0.3 is 15.0 Å². The third-order valence-electron chi connectivity index (χ3n) is 5.10. The largest absolute Gasteiger partial charge is 0.497 e. The molecule has 0 spiro atoms. The second kappa shape index (κ2) is 7.60. The smallest absolute Gasteiger partial charge is 0.317 e. The maximum atomic E-state index is 12.5. The van der Waals surface area contributed by atoms with E-state index in [0.29, 0.717) is 11.8 Å². The standard InChI is InChI=1S/C21H26N2O2/c1-15(17-10-7-11-19(12-17)25-3)23(21(24)22-2)14-18-13-20(18)16-8-5-4-6-9-16/h4-12,15,18,20H,13-14H2,1-3H3,(H,22,24). The molecule has 0 saturated heterocycles. The number of urea groups is 1. The second-order valence-corrected chi connectivity index (χ2v) is 6.67. The van der Waals surface area contributed by atoms with Crippen molar-refractivity contribution in [3.05, 3.63) is 65.7 Å². The van der Waals surface area contributed by atoms with Gasteiger partial charge in [-0.2, -0.15) is 0 Å². The van der Waals surface area contributed by atoms with E-state index < -0.39 is 0 Å². The van der Waals surface area contributed by atoms with E-state index in [1.54, 1.807) is 14.2 Å².